The molecule has 3 aromatic carbocycles. The highest BCUT2D eigenvalue weighted by Gasteiger charge is 2.22. The molecule has 0 aliphatic carbocycles. The fraction of sp³-hybridized carbons (Fsp3) is 0.0435. The molecule has 0 aliphatic heterocycles. The van der Waals surface area contributed by atoms with E-state index in [1.807, 2.05) is 30.3 Å². The van der Waals surface area contributed by atoms with Crippen molar-refractivity contribution < 1.29 is 22.4 Å². The molecule has 0 spiro atoms. The highest BCUT2D eigenvalue weighted by molar-refractivity contribution is 9.10. The first-order chi connectivity index (χ1) is 15.9. The zero-order valence-corrected chi connectivity index (χ0v) is 19.7. The first-order valence-corrected chi connectivity index (χ1v) is 11.9. The summed E-state index contributed by atoms with van der Waals surface area (Å²) in [5.74, 6) is -0.151. The summed E-state index contributed by atoms with van der Waals surface area (Å²) in [6.07, 6.45) is 1.31. The lowest BCUT2D eigenvalue weighted by molar-refractivity contribution is 0.0997. The molecule has 168 valence electrons. The molecule has 10 heteroatoms. The number of anilines is 2. The number of methoxy groups -OCH3 is 1. The van der Waals surface area contributed by atoms with Crippen molar-refractivity contribution in [2.75, 3.05) is 17.1 Å². The number of carbonyl (C=O) groups is 1. The van der Waals surface area contributed by atoms with E-state index in [1.165, 1.54) is 31.5 Å². The minimum atomic E-state index is -4.00. The first kappa shape index (κ1) is 22.6. The van der Waals surface area contributed by atoms with Crippen molar-refractivity contribution in [3.8, 4) is 17.2 Å². The van der Waals surface area contributed by atoms with Crippen LogP contribution in [0.5, 0.6) is 5.75 Å². The van der Waals surface area contributed by atoms with Crippen LogP contribution in [0.15, 0.2) is 92.8 Å². The van der Waals surface area contributed by atoms with Crippen LogP contribution in [-0.4, -0.2) is 26.4 Å². The number of nitrogens with zero attached hydrogens (tertiary/aromatic N) is 1. The first-order valence-electron chi connectivity index (χ1n) is 9.65. The van der Waals surface area contributed by atoms with Crippen molar-refractivity contribution in [2.24, 2.45) is 0 Å². The molecule has 0 radical (unpaired) electrons. The number of benzene rings is 3. The number of amides is 1. The predicted molar refractivity (Wildman–Crippen MR) is 128 cm³/mol. The Kier molecular flexibility index (Phi) is 6.47. The van der Waals surface area contributed by atoms with E-state index < -0.39 is 15.9 Å². The molecule has 4 aromatic rings. The van der Waals surface area contributed by atoms with Crippen molar-refractivity contribution >= 4 is 43.2 Å². The highest BCUT2D eigenvalue weighted by Crippen LogP contribution is 2.29. The summed E-state index contributed by atoms with van der Waals surface area (Å²) in [7, 11) is -2.63. The van der Waals surface area contributed by atoms with E-state index in [9.17, 15) is 13.2 Å². The minimum Gasteiger partial charge on any atom is -0.495 e. The van der Waals surface area contributed by atoms with E-state index >= 15 is 0 Å². The van der Waals surface area contributed by atoms with Gasteiger partial charge in [-0.1, -0.05) is 34.1 Å². The third-order valence-corrected chi connectivity index (χ3v) is 6.49. The minimum absolute atomic E-state index is 0.0120. The van der Waals surface area contributed by atoms with Gasteiger partial charge in [0.15, 0.2) is 0 Å². The molecule has 2 N–H and O–H groups in total. The second-order valence-electron chi connectivity index (χ2n) is 6.83. The predicted octanol–water partition coefficient (Wildman–Crippen LogP) is 5.17. The summed E-state index contributed by atoms with van der Waals surface area (Å²) in [5.41, 5.74) is 1.35. The number of oxazole rings is 1. The van der Waals surface area contributed by atoms with Crippen LogP contribution in [0.1, 0.15) is 10.6 Å². The Morgan fingerprint density at radius 2 is 1.70 bits per heavy atom. The van der Waals surface area contributed by atoms with Crippen LogP contribution in [0.2, 0.25) is 0 Å². The Labute approximate surface area is 198 Å². The molecular weight excluding hydrogens is 510 g/mol. The van der Waals surface area contributed by atoms with Crippen LogP contribution in [0.4, 0.5) is 11.4 Å². The molecule has 0 bridgehead atoms. The summed E-state index contributed by atoms with van der Waals surface area (Å²) in [4.78, 5) is 16.6. The maximum absolute atomic E-state index is 13.0. The van der Waals surface area contributed by atoms with E-state index in [4.69, 9.17) is 9.15 Å². The van der Waals surface area contributed by atoms with Gasteiger partial charge in [0.25, 0.3) is 15.9 Å². The molecule has 8 nitrogen and oxygen atoms in total. The fourth-order valence-electron chi connectivity index (χ4n) is 2.98. The highest BCUT2D eigenvalue weighted by atomic mass is 79.9. The molecular formula is C23H18BrN3O5S. The molecule has 0 saturated heterocycles. The van der Waals surface area contributed by atoms with E-state index in [0.29, 0.717) is 11.6 Å². The average Bonchev–Trinajstić information content (AvgIpc) is 3.32. The third-order valence-electron chi connectivity index (χ3n) is 4.56. The molecule has 0 aliphatic rings. The lowest BCUT2D eigenvalue weighted by Crippen LogP contribution is -2.16. The average molecular weight is 528 g/mol. The second-order valence-corrected chi connectivity index (χ2v) is 9.39. The quantitative estimate of drug-likeness (QED) is 0.343. The Balaban J connectivity index is 1.57. The largest absolute Gasteiger partial charge is 0.495 e. The normalized spacial score (nSPS) is 11.1. The molecule has 1 aromatic heterocycles. The zero-order valence-electron chi connectivity index (χ0n) is 17.3. The van der Waals surface area contributed by atoms with Crippen LogP contribution in [-0.2, 0) is 10.0 Å². The van der Waals surface area contributed by atoms with Gasteiger partial charge in [0.2, 0.25) is 11.7 Å². The van der Waals surface area contributed by atoms with Crippen LogP contribution in [0, 0.1) is 0 Å². The Bertz CT molecular complexity index is 1390. The van der Waals surface area contributed by atoms with E-state index in [-0.39, 0.29) is 22.1 Å². The van der Waals surface area contributed by atoms with Crippen molar-refractivity contribution in [1.82, 2.24) is 4.98 Å². The lowest BCUT2D eigenvalue weighted by Gasteiger charge is -2.13. The van der Waals surface area contributed by atoms with Gasteiger partial charge in [-0.3, -0.25) is 9.52 Å². The molecule has 1 amide bonds. The lowest BCUT2D eigenvalue weighted by atomic mass is 10.2. The molecule has 4 rings (SSSR count). The van der Waals surface area contributed by atoms with Crippen LogP contribution in [0.25, 0.3) is 11.5 Å². The Morgan fingerprint density at radius 3 is 2.39 bits per heavy atom. The summed E-state index contributed by atoms with van der Waals surface area (Å²) in [6.45, 7) is 0. The third kappa shape index (κ3) is 5.24. The van der Waals surface area contributed by atoms with Gasteiger partial charge in [-0.05, 0) is 54.6 Å². The van der Waals surface area contributed by atoms with E-state index in [2.05, 4.69) is 31.0 Å². The molecule has 0 atom stereocenters. The van der Waals surface area contributed by atoms with Gasteiger partial charge in [0.05, 0.1) is 13.3 Å². The number of sulfonamides is 1. The number of halogens is 1. The summed E-state index contributed by atoms with van der Waals surface area (Å²) in [5, 5.41) is 2.63. The molecule has 1 heterocycles. The van der Waals surface area contributed by atoms with Crippen LogP contribution >= 0.6 is 15.9 Å². The van der Waals surface area contributed by atoms with Crippen molar-refractivity contribution in [3.05, 3.63) is 89.2 Å². The van der Waals surface area contributed by atoms with Crippen molar-refractivity contribution in [3.63, 3.8) is 0 Å². The number of carbonyl (C=O) groups excluding carboxylic acids is 1. The maximum Gasteiger partial charge on any atom is 0.293 e. The van der Waals surface area contributed by atoms with Gasteiger partial charge in [-0.2, -0.15) is 0 Å². The maximum atomic E-state index is 13.0. The number of hydrogen-bond acceptors (Lipinski definition) is 6. The number of aromatic nitrogens is 1. The number of ether oxygens (including phenoxy) is 1. The van der Waals surface area contributed by atoms with Gasteiger partial charge in [-0.15, -0.1) is 0 Å². The Hall–Kier alpha value is -3.63. The van der Waals surface area contributed by atoms with Gasteiger partial charge in [-0.25, -0.2) is 13.4 Å². The van der Waals surface area contributed by atoms with Gasteiger partial charge in [0, 0.05) is 21.4 Å². The van der Waals surface area contributed by atoms with Crippen molar-refractivity contribution in [2.45, 2.75) is 4.90 Å². The van der Waals surface area contributed by atoms with Gasteiger partial charge >= 0.3 is 0 Å². The molecule has 33 heavy (non-hydrogen) atoms. The van der Waals surface area contributed by atoms with Gasteiger partial charge < -0.3 is 14.5 Å². The monoisotopic (exact) mass is 527 g/mol. The topological polar surface area (TPSA) is 111 Å². The number of nitrogens with one attached hydrogen (secondary N) is 2. The number of rotatable bonds is 7. The fourth-order valence-corrected chi connectivity index (χ4v) is 4.50. The van der Waals surface area contributed by atoms with E-state index in [1.54, 1.807) is 24.3 Å². The van der Waals surface area contributed by atoms with Crippen LogP contribution in [0.3, 0.4) is 0 Å². The van der Waals surface area contributed by atoms with Crippen molar-refractivity contribution in [1.29, 1.82) is 0 Å². The van der Waals surface area contributed by atoms with Gasteiger partial charge in [0.1, 0.15) is 10.6 Å². The molecule has 0 fully saturated rings. The standard InChI is InChI=1S/C23H18BrN3O5S/c1-31-19-12-11-18(13-21(19)33(29,30)27-17-9-7-16(24)8-10-17)26-22(28)20-14-25-23(32-20)15-5-3-2-4-6-15/h2-14,27H,1H3,(H,26,28). The Morgan fingerprint density at radius 1 is 1.00 bits per heavy atom. The summed E-state index contributed by atoms with van der Waals surface area (Å²) in [6, 6.07) is 20.1. The molecule has 0 unspecified atom stereocenters. The SMILES string of the molecule is COc1ccc(NC(=O)c2cnc(-c3ccccc3)o2)cc1S(=O)(=O)Nc1ccc(Br)cc1. The number of hydrogen-bond donors (Lipinski definition) is 2. The summed E-state index contributed by atoms with van der Waals surface area (Å²) >= 11 is 3.31. The zero-order chi connectivity index (χ0) is 23.4. The second kappa shape index (κ2) is 9.47. The molecule has 0 saturated carbocycles. The van der Waals surface area contributed by atoms with E-state index in [0.717, 1.165) is 10.0 Å². The summed E-state index contributed by atoms with van der Waals surface area (Å²) < 4.78 is 40.1. The smallest absolute Gasteiger partial charge is 0.293 e. The van der Waals surface area contributed by atoms with Crippen LogP contribution < -0.4 is 14.8 Å².